The fraction of sp³-hybridized carbons (Fsp3) is 0.100. The van der Waals surface area contributed by atoms with Gasteiger partial charge < -0.3 is 13.9 Å². The molecule has 1 aliphatic rings. The van der Waals surface area contributed by atoms with Crippen molar-refractivity contribution in [3.05, 3.63) is 89.2 Å². The first kappa shape index (κ1) is 16.8. The molecule has 0 fully saturated rings. The molecule has 1 N–H and O–H groups in total. The van der Waals surface area contributed by atoms with Crippen LogP contribution in [-0.2, 0) is 4.79 Å². The molecule has 1 atom stereocenters. The zero-order valence-corrected chi connectivity index (χ0v) is 14.2. The van der Waals surface area contributed by atoms with Gasteiger partial charge in [-0.15, -0.1) is 0 Å². The molecule has 1 amide bonds. The van der Waals surface area contributed by atoms with E-state index in [0.717, 1.165) is 11.0 Å². The van der Waals surface area contributed by atoms with Gasteiger partial charge in [0.05, 0.1) is 11.8 Å². The topological polar surface area (TPSA) is 83.9 Å². The molecule has 6 nitrogen and oxygen atoms in total. The zero-order chi connectivity index (χ0) is 19.1. The van der Waals surface area contributed by atoms with Crippen molar-refractivity contribution >= 4 is 17.4 Å². The SMILES string of the molecule is Cc1ccc(C2C(C(=O)c3ccco3)=C(O)C(=O)N2c2cccc(F)c2)o1. The Morgan fingerprint density at radius 1 is 1.19 bits per heavy atom. The number of aliphatic hydroxyl groups is 1. The Labute approximate surface area is 153 Å². The Morgan fingerprint density at radius 3 is 2.63 bits per heavy atom. The Hall–Kier alpha value is -3.61. The second kappa shape index (κ2) is 6.28. The largest absolute Gasteiger partial charge is 0.503 e. The van der Waals surface area contributed by atoms with Gasteiger partial charge in [-0.05, 0) is 49.4 Å². The number of nitrogens with zero attached hydrogens (tertiary/aromatic N) is 1. The molecule has 4 rings (SSSR count). The standard InChI is InChI=1S/C20H14FNO5/c1-11-7-8-14(27-11)17-16(18(23)15-6-3-9-26-15)19(24)20(25)22(17)13-5-2-4-12(21)10-13/h2-10,17,24H,1H3. The number of rotatable bonds is 4. The van der Waals surface area contributed by atoms with Crippen LogP contribution in [0.5, 0.6) is 0 Å². The van der Waals surface area contributed by atoms with Crippen molar-refractivity contribution < 1.29 is 27.9 Å². The van der Waals surface area contributed by atoms with Crippen molar-refractivity contribution in [2.24, 2.45) is 0 Å². The number of hydrogen-bond donors (Lipinski definition) is 1. The third-order valence-corrected chi connectivity index (χ3v) is 4.31. The smallest absolute Gasteiger partial charge is 0.294 e. The van der Waals surface area contributed by atoms with E-state index in [1.54, 1.807) is 19.1 Å². The van der Waals surface area contributed by atoms with Crippen molar-refractivity contribution in [1.82, 2.24) is 0 Å². The number of carbonyl (C=O) groups excluding carboxylic acids is 2. The van der Waals surface area contributed by atoms with Gasteiger partial charge in [0.25, 0.3) is 5.91 Å². The second-order valence-corrected chi connectivity index (χ2v) is 6.07. The lowest BCUT2D eigenvalue weighted by Crippen LogP contribution is -2.30. The van der Waals surface area contributed by atoms with Crippen LogP contribution < -0.4 is 4.90 Å². The lowest BCUT2D eigenvalue weighted by atomic mass is 9.99. The maximum atomic E-state index is 13.7. The molecule has 0 aliphatic carbocycles. The average molecular weight is 367 g/mol. The number of benzene rings is 1. The van der Waals surface area contributed by atoms with Gasteiger partial charge in [0, 0.05) is 5.69 Å². The maximum Gasteiger partial charge on any atom is 0.294 e. The van der Waals surface area contributed by atoms with Crippen LogP contribution in [0.2, 0.25) is 0 Å². The number of amides is 1. The van der Waals surface area contributed by atoms with E-state index in [1.807, 2.05) is 0 Å². The quantitative estimate of drug-likeness (QED) is 0.702. The van der Waals surface area contributed by atoms with Crippen LogP contribution in [0, 0.1) is 12.7 Å². The molecule has 136 valence electrons. The predicted molar refractivity (Wildman–Crippen MR) is 92.8 cm³/mol. The normalized spacial score (nSPS) is 17.0. The second-order valence-electron chi connectivity index (χ2n) is 6.07. The number of anilines is 1. The van der Waals surface area contributed by atoms with E-state index < -0.39 is 29.3 Å². The highest BCUT2D eigenvalue weighted by molar-refractivity contribution is 6.20. The van der Waals surface area contributed by atoms with Crippen LogP contribution >= 0.6 is 0 Å². The first-order valence-electron chi connectivity index (χ1n) is 8.14. The zero-order valence-electron chi connectivity index (χ0n) is 14.2. The Bertz CT molecular complexity index is 1060. The number of carbonyl (C=O) groups is 2. The molecule has 27 heavy (non-hydrogen) atoms. The van der Waals surface area contributed by atoms with Crippen LogP contribution in [-0.4, -0.2) is 16.8 Å². The van der Waals surface area contributed by atoms with E-state index in [4.69, 9.17) is 8.83 Å². The summed E-state index contributed by atoms with van der Waals surface area (Å²) in [5.41, 5.74) is 0.00130. The molecule has 3 heterocycles. The molecular formula is C20H14FNO5. The van der Waals surface area contributed by atoms with Gasteiger partial charge in [-0.1, -0.05) is 6.07 Å². The highest BCUT2D eigenvalue weighted by Crippen LogP contribution is 2.42. The lowest BCUT2D eigenvalue weighted by Gasteiger charge is -2.24. The fourth-order valence-corrected chi connectivity index (χ4v) is 3.14. The summed E-state index contributed by atoms with van der Waals surface area (Å²) in [6.07, 6.45) is 1.32. The van der Waals surface area contributed by atoms with Crippen LogP contribution in [0.4, 0.5) is 10.1 Å². The molecule has 7 heteroatoms. The van der Waals surface area contributed by atoms with Crippen molar-refractivity contribution in [1.29, 1.82) is 0 Å². The number of aliphatic hydroxyl groups excluding tert-OH is 1. The molecule has 0 bridgehead atoms. The first-order valence-corrected chi connectivity index (χ1v) is 8.14. The molecule has 2 aromatic heterocycles. The monoisotopic (exact) mass is 367 g/mol. The number of ketones is 1. The Kier molecular flexibility index (Phi) is 3.92. The summed E-state index contributed by atoms with van der Waals surface area (Å²) in [5.74, 6) is -1.95. The first-order chi connectivity index (χ1) is 13.0. The van der Waals surface area contributed by atoms with Gasteiger partial charge in [0.1, 0.15) is 23.4 Å². The van der Waals surface area contributed by atoms with E-state index in [9.17, 15) is 19.1 Å². The minimum atomic E-state index is -1.05. The summed E-state index contributed by atoms with van der Waals surface area (Å²) in [6.45, 7) is 1.71. The fourth-order valence-electron chi connectivity index (χ4n) is 3.14. The van der Waals surface area contributed by atoms with Crippen LogP contribution in [0.25, 0.3) is 0 Å². The summed E-state index contributed by atoms with van der Waals surface area (Å²) < 4.78 is 24.5. The number of halogens is 1. The Morgan fingerprint density at radius 2 is 2.00 bits per heavy atom. The molecule has 0 saturated carbocycles. The third kappa shape index (κ3) is 2.73. The van der Waals surface area contributed by atoms with Crippen LogP contribution in [0.15, 0.2) is 75.0 Å². The molecule has 3 aromatic rings. The van der Waals surface area contributed by atoms with Gasteiger partial charge in [-0.3, -0.25) is 14.5 Å². The summed E-state index contributed by atoms with van der Waals surface area (Å²) in [5, 5.41) is 10.5. The van der Waals surface area contributed by atoms with Gasteiger partial charge >= 0.3 is 0 Å². The molecule has 0 radical (unpaired) electrons. The predicted octanol–water partition coefficient (Wildman–Crippen LogP) is 4.10. The highest BCUT2D eigenvalue weighted by Gasteiger charge is 2.46. The molecular weight excluding hydrogens is 353 g/mol. The maximum absolute atomic E-state index is 13.7. The van der Waals surface area contributed by atoms with E-state index in [2.05, 4.69) is 0 Å². The van der Waals surface area contributed by atoms with Gasteiger partial charge in [0.2, 0.25) is 5.78 Å². The lowest BCUT2D eigenvalue weighted by molar-refractivity contribution is -0.117. The van der Waals surface area contributed by atoms with Gasteiger partial charge in [-0.2, -0.15) is 0 Å². The number of Topliss-reactive ketones (excluding diaryl/α,β-unsaturated/α-hetero) is 1. The minimum absolute atomic E-state index is 0.0290. The van der Waals surface area contributed by atoms with Crippen LogP contribution in [0.3, 0.4) is 0 Å². The third-order valence-electron chi connectivity index (χ3n) is 4.31. The van der Waals surface area contributed by atoms with Crippen molar-refractivity contribution in [3.8, 4) is 0 Å². The Balaban J connectivity index is 1.88. The van der Waals surface area contributed by atoms with Gasteiger partial charge in [0.15, 0.2) is 11.5 Å². The number of aryl methyl sites for hydroxylation is 1. The minimum Gasteiger partial charge on any atom is -0.503 e. The molecule has 1 aromatic carbocycles. The van der Waals surface area contributed by atoms with Gasteiger partial charge in [-0.25, -0.2) is 4.39 Å². The van der Waals surface area contributed by atoms with Crippen molar-refractivity contribution in [3.63, 3.8) is 0 Å². The van der Waals surface area contributed by atoms with E-state index in [1.165, 1.54) is 36.6 Å². The molecule has 1 unspecified atom stereocenters. The molecule has 1 aliphatic heterocycles. The molecule has 0 saturated heterocycles. The van der Waals surface area contributed by atoms with E-state index >= 15 is 0 Å². The van der Waals surface area contributed by atoms with Crippen molar-refractivity contribution in [2.45, 2.75) is 13.0 Å². The number of hydrogen-bond acceptors (Lipinski definition) is 5. The number of furan rings is 2. The van der Waals surface area contributed by atoms with Crippen LogP contribution in [0.1, 0.15) is 28.1 Å². The summed E-state index contributed by atoms with van der Waals surface area (Å²) in [4.78, 5) is 26.8. The summed E-state index contributed by atoms with van der Waals surface area (Å²) in [6, 6.07) is 10.5. The molecule has 0 spiro atoms. The summed E-state index contributed by atoms with van der Waals surface area (Å²) >= 11 is 0. The van der Waals surface area contributed by atoms with E-state index in [0.29, 0.717) is 5.76 Å². The average Bonchev–Trinajstić information content (AvgIpc) is 3.36. The summed E-state index contributed by atoms with van der Waals surface area (Å²) in [7, 11) is 0. The van der Waals surface area contributed by atoms with Crippen molar-refractivity contribution in [2.75, 3.05) is 4.90 Å². The highest BCUT2D eigenvalue weighted by atomic mass is 19.1. The van der Waals surface area contributed by atoms with E-state index in [-0.39, 0.29) is 22.8 Å².